The van der Waals surface area contributed by atoms with Crippen molar-refractivity contribution in [2.45, 2.75) is 39.3 Å². The number of aromatic nitrogens is 2. The monoisotopic (exact) mass is 376 g/mol. The van der Waals surface area contributed by atoms with Crippen molar-refractivity contribution >= 4 is 17.3 Å². The molecule has 8 heteroatoms. The molecule has 26 heavy (non-hydrogen) atoms. The first kappa shape index (κ1) is 18.8. The molecule has 0 radical (unpaired) electrons. The number of hydrogen-bond donors (Lipinski definition) is 2. The summed E-state index contributed by atoms with van der Waals surface area (Å²) in [6.45, 7) is 7.12. The van der Waals surface area contributed by atoms with E-state index in [0.717, 1.165) is 25.6 Å². The molecule has 0 saturated carbocycles. The van der Waals surface area contributed by atoms with Crippen molar-refractivity contribution in [3.8, 4) is 0 Å². The first-order chi connectivity index (χ1) is 12.7. The maximum absolute atomic E-state index is 5.14. The third kappa shape index (κ3) is 4.82. The Kier molecular flexibility index (Phi) is 6.62. The third-order valence-corrected chi connectivity index (χ3v) is 5.60. The Balaban J connectivity index is 1.63. The molecule has 3 rings (SSSR count). The second-order valence-corrected chi connectivity index (χ2v) is 7.63. The van der Waals surface area contributed by atoms with E-state index >= 15 is 0 Å². The highest BCUT2D eigenvalue weighted by Gasteiger charge is 2.31. The average molecular weight is 377 g/mol. The molecule has 2 aromatic rings. The molecule has 3 heterocycles. The van der Waals surface area contributed by atoms with Gasteiger partial charge in [0.1, 0.15) is 6.54 Å². The third-order valence-electron chi connectivity index (χ3n) is 4.66. The number of aliphatic imine (C=N–C) groups is 1. The highest BCUT2D eigenvalue weighted by molar-refractivity contribution is 7.10. The van der Waals surface area contributed by atoms with Crippen molar-refractivity contribution in [3.05, 3.63) is 34.1 Å². The molecule has 0 amide bonds. The lowest BCUT2D eigenvalue weighted by molar-refractivity contribution is 0.125. The molecule has 7 nitrogen and oxygen atoms in total. The van der Waals surface area contributed by atoms with Gasteiger partial charge in [0.2, 0.25) is 5.89 Å². The van der Waals surface area contributed by atoms with E-state index in [4.69, 9.17) is 4.52 Å². The minimum absolute atomic E-state index is 0.384. The number of likely N-dealkylation sites (tertiary alicyclic amines) is 1. The zero-order valence-electron chi connectivity index (χ0n) is 15.7. The van der Waals surface area contributed by atoms with E-state index in [9.17, 15) is 0 Å². The van der Waals surface area contributed by atoms with Gasteiger partial charge in [-0.25, -0.2) is 4.99 Å². The van der Waals surface area contributed by atoms with Gasteiger partial charge in [0, 0.05) is 24.0 Å². The van der Waals surface area contributed by atoms with Crippen LogP contribution in [0, 0.1) is 12.8 Å². The first-order valence-electron chi connectivity index (χ1n) is 9.22. The minimum Gasteiger partial charge on any atom is -0.357 e. The summed E-state index contributed by atoms with van der Waals surface area (Å²) in [6, 6.07) is 4.87. The number of thiophene rings is 1. The minimum atomic E-state index is 0.384. The van der Waals surface area contributed by atoms with Crippen molar-refractivity contribution in [2.24, 2.45) is 10.9 Å². The Morgan fingerprint density at radius 3 is 3.04 bits per heavy atom. The number of piperidine rings is 1. The molecule has 1 saturated heterocycles. The second kappa shape index (κ2) is 9.14. The largest absolute Gasteiger partial charge is 0.357 e. The second-order valence-electron chi connectivity index (χ2n) is 6.65. The zero-order chi connectivity index (χ0) is 18.4. The fourth-order valence-corrected chi connectivity index (χ4v) is 4.49. The normalized spacial score (nSPS) is 21.7. The standard InChI is InChI=1S/C18H28N6OS/c1-4-19-18(21-12-16-22-13(2)23-25-16)20-11-14-7-5-9-24(3)17(14)15-8-6-10-26-15/h6,8,10,14,17H,4-5,7,9,11-12H2,1-3H3,(H2,19,20,21). The van der Waals surface area contributed by atoms with Crippen molar-refractivity contribution in [1.29, 1.82) is 0 Å². The van der Waals surface area contributed by atoms with E-state index in [2.05, 4.69) is 62.2 Å². The summed E-state index contributed by atoms with van der Waals surface area (Å²) in [6.07, 6.45) is 2.46. The van der Waals surface area contributed by atoms with Crippen LogP contribution in [0.2, 0.25) is 0 Å². The Labute approximate surface area is 158 Å². The summed E-state index contributed by atoms with van der Waals surface area (Å²) in [7, 11) is 2.23. The Bertz CT molecular complexity index is 698. The summed E-state index contributed by atoms with van der Waals surface area (Å²) in [5, 5.41) is 12.8. The Hall–Kier alpha value is -1.93. The molecule has 142 valence electrons. The average Bonchev–Trinajstić information content (AvgIpc) is 3.29. The van der Waals surface area contributed by atoms with Gasteiger partial charge in [-0.1, -0.05) is 11.2 Å². The molecule has 1 fully saturated rings. The van der Waals surface area contributed by atoms with Crippen LogP contribution in [0.1, 0.15) is 42.4 Å². The highest BCUT2D eigenvalue weighted by Crippen LogP contribution is 2.36. The lowest BCUT2D eigenvalue weighted by atomic mass is 9.88. The van der Waals surface area contributed by atoms with Crippen molar-refractivity contribution in [3.63, 3.8) is 0 Å². The summed E-state index contributed by atoms with van der Waals surface area (Å²) in [5.41, 5.74) is 0. The van der Waals surface area contributed by atoms with Crippen LogP contribution in [-0.2, 0) is 6.54 Å². The van der Waals surface area contributed by atoms with E-state index in [1.165, 1.54) is 17.7 Å². The number of rotatable bonds is 6. The number of nitrogens with zero attached hydrogens (tertiary/aromatic N) is 4. The van der Waals surface area contributed by atoms with Gasteiger partial charge in [-0.2, -0.15) is 4.98 Å². The molecular weight excluding hydrogens is 348 g/mol. The topological polar surface area (TPSA) is 78.6 Å². The van der Waals surface area contributed by atoms with Crippen LogP contribution in [0.5, 0.6) is 0 Å². The van der Waals surface area contributed by atoms with E-state index < -0.39 is 0 Å². The van der Waals surface area contributed by atoms with Crippen molar-refractivity contribution in [1.82, 2.24) is 25.7 Å². The van der Waals surface area contributed by atoms with Gasteiger partial charge in [-0.15, -0.1) is 11.3 Å². The first-order valence-corrected chi connectivity index (χ1v) is 10.1. The van der Waals surface area contributed by atoms with Crippen LogP contribution in [0.4, 0.5) is 0 Å². The lowest BCUT2D eigenvalue weighted by Crippen LogP contribution is -2.44. The molecule has 0 aliphatic carbocycles. The van der Waals surface area contributed by atoms with Gasteiger partial charge in [0.25, 0.3) is 0 Å². The molecule has 2 unspecified atom stereocenters. The van der Waals surface area contributed by atoms with E-state index in [1.54, 1.807) is 0 Å². The van der Waals surface area contributed by atoms with Gasteiger partial charge in [0.05, 0.1) is 0 Å². The molecule has 0 bridgehead atoms. The predicted octanol–water partition coefficient (Wildman–Crippen LogP) is 2.58. The predicted molar refractivity (Wildman–Crippen MR) is 104 cm³/mol. The molecule has 1 aliphatic rings. The Morgan fingerprint density at radius 2 is 2.35 bits per heavy atom. The number of aryl methyl sites for hydroxylation is 1. The fraction of sp³-hybridized carbons (Fsp3) is 0.611. The van der Waals surface area contributed by atoms with Crippen LogP contribution < -0.4 is 10.6 Å². The van der Waals surface area contributed by atoms with E-state index in [-0.39, 0.29) is 0 Å². The fourth-order valence-electron chi connectivity index (χ4n) is 3.50. The summed E-state index contributed by atoms with van der Waals surface area (Å²) in [4.78, 5) is 12.7. The van der Waals surface area contributed by atoms with Crippen LogP contribution >= 0.6 is 11.3 Å². The molecule has 2 aromatic heterocycles. The molecule has 2 N–H and O–H groups in total. The van der Waals surface area contributed by atoms with Crippen LogP contribution in [-0.4, -0.2) is 47.7 Å². The van der Waals surface area contributed by atoms with Crippen molar-refractivity contribution in [2.75, 3.05) is 26.7 Å². The van der Waals surface area contributed by atoms with Crippen LogP contribution in [0.25, 0.3) is 0 Å². The number of hydrogen-bond acceptors (Lipinski definition) is 6. The zero-order valence-corrected chi connectivity index (χ0v) is 16.6. The molecule has 0 spiro atoms. The quantitative estimate of drug-likeness (QED) is 0.596. The summed E-state index contributed by atoms with van der Waals surface area (Å²) < 4.78 is 5.14. The van der Waals surface area contributed by atoms with E-state index in [0.29, 0.717) is 30.2 Å². The number of nitrogens with one attached hydrogen (secondary N) is 2. The summed E-state index contributed by atoms with van der Waals surface area (Å²) >= 11 is 1.85. The van der Waals surface area contributed by atoms with Gasteiger partial charge in [-0.05, 0) is 57.6 Å². The van der Waals surface area contributed by atoms with Crippen LogP contribution in [0.15, 0.2) is 27.0 Å². The number of guanidine groups is 1. The van der Waals surface area contributed by atoms with Gasteiger partial charge >= 0.3 is 0 Å². The highest BCUT2D eigenvalue weighted by atomic mass is 32.1. The lowest BCUT2D eigenvalue weighted by Gasteiger charge is -2.39. The maximum atomic E-state index is 5.14. The molecule has 2 atom stereocenters. The molecule has 1 aliphatic heterocycles. The Morgan fingerprint density at radius 1 is 1.46 bits per heavy atom. The van der Waals surface area contributed by atoms with Crippen molar-refractivity contribution < 1.29 is 4.52 Å². The smallest absolute Gasteiger partial charge is 0.248 e. The maximum Gasteiger partial charge on any atom is 0.248 e. The van der Waals surface area contributed by atoms with Gasteiger partial charge in [0.15, 0.2) is 11.8 Å². The SMILES string of the molecule is CCNC(=NCc1nc(C)no1)NCC1CCCN(C)C1c1cccs1. The van der Waals surface area contributed by atoms with Gasteiger partial charge < -0.3 is 15.2 Å². The molecular formula is C18H28N6OS. The summed E-state index contributed by atoms with van der Waals surface area (Å²) in [5.74, 6) is 2.52. The van der Waals surface area contributed by atoms with Crippen LogP contribution in [0.3, 0.4) is 0 Å². The van der Waals surface area contributed by atoms with E-state index in [1.807, 2.05) is 18.3 Å². The van der Waals surface area contributed by atoms with Gasteiger partial charge in [-0.3, -0.25) is 4.90 Å². The molecule has 0 aromatic carbocycles.